The smallest absolute Gasteiger partial charge is 0.288 e. The summed E-state index contributed by atoms with van der Waals surface area (Å²) in [6.45, 7) is 1.17. The second-order valence-corrected chi connectivity index (χ2v) is 8.91. The number of nitro groups is 1. The van der Waals surface area contributed by atoms with Gasteiger partial charge >= 0.3 is 0 Å². The highest BCUT2D eigenvalue weighted by Crippen LogP contribution is 2.31. The zero-order valence-corrected chi connectivity index (χ0v) is 20.6. The van der Waals surface area contributed by atoms with E-state index in [1.165, 1.54) is 67.6 Å². The van der Waals surface area contributed by atoms with Crippen molar-refractivity contribution >= 4 is 52.3 Å². The molecule has 1 aliphatic heterocycles. The van der Waals surface area contributed by atoms with E-state index in [1.807, 2.05) is 0 Å². The van der Waals surface area contributed by atoms with E-state index in [0.29, 0.717) is 11.3 Å². The fraction of sp³-hybridized carbons (Fsp3) is 0.154. The van der Waals surface area contributed by atoms with Crippen LogP contribution >= 0.6 is 11.6 Å². The van der Waals surface area contributed by atoms with Crippen LogP contribution in [-0.4, -0.2) is 39.5 Å². The Labute approximate surface area is 220 Å². The zero-order chi connectivity index (χ0) is 27.6. The van der Waals surface area contributed by atoms with Crippen molar-refractivity contribution in [3.63, 3.8) is 0 Å². The number of benzene rings is 3. The van der Waals surface area contributed by atoms with Gasteiger partial charge < -0.3 is 10.2 Å². The summed E-state index contributed by atoms with van der Waals surface area (Å²) in [6.07, 6.45) is -0.338. The molecule has 3 aromatic rings. The summed E-state index contributed by atoms with van der Waals surface area (Å²) >= 11 is 5.88. The number of anilines is 2. The maximum absolute atomic E-state index is 13.6. The number of nitrogens with zero attached hydrogens (tertiary/aromatic N) is 3. The van der Waals surface area contributed by atoms with Crippen LogP contribution in [0.25, 0.3) is 0 Å². The predicted molar refractivity (Wildman–Crippen MR) is 136 cm³/mol. The highest BCUT2D eigenvalue weighted by atomic mass is 35.5. The number of hydrogen-bond donors (Lipinski definition) is 1. The number of rotatable bonds is 7. The Kier molecular flexibility index (Phi) is 7.49. The molecule has 4 amide bonds. The number of nitro benzene ring substituents is 1. The topological polar surface area (TPSA) is 130 Å². The Hall–Kier alpha value is -4.64. The molecule has 38 heavy (non-hydrogen) atoms. The van der Waals surface area contributed by atoms with Crippen molar-refractivity contribution in [1.82, 2.24) is 4.90 Å². The largest absolute Gasteiger partial charge is 0.326 e. The van der Waals surface area contributed by atoms with Gasteiger partial charge in [0.15, 0.2) is 0 Å². The third kappa shape index (κ3) is 5.52. The number of carbonyl (C=O) groups is 4. The molecule has 1 N–H and O–H groups in total. The second kappa shape index (κ2) is 10.8. The first kappa shape index (κ1) is 26.4. The van der Waals surface area contributed by atoms with Crippen LogP contribution in [0, 0.1) is 15.9 Å². The molecule has 1 unspecified atom stereocenters. The second-order valence-electron chi connectivity index (χ2n) is 8.50. The molecule has 0 bridgehead atoms. The van der Waals surface area contributed by atoms with Crippen LogP contribution in [0.4, 0.5) is 21.5 Å². The van der Waals surface area contributed by atoms with Crippen LogP contribution in [0.1, 0.15) is 29.3 Å². The van der Waals surface area contributed by atoms with Crippen molar-refractivity contribution in [3.05, 3.63) is 98.8 Å². The van der Waals surface area contributed by atoms with Gasteiger partial charge in [-0.2, -0.15) is 0 Å². The van der Waals surface area contributed by atoms with Gasteiger partial charge in [0, 0.05) is 30.8 Å². The van der Waals surface area contributed by atoms with Gasteiger partial charge in [0.2, 0.25) is 11.8 Å². The molecule has 0 spiro atoms. The average molecular weight is 539 g/mol. The predicted octanol–water partition coefficient (Wildman–Crippen LogP) is 4.32. The highest BCUT2D eigenvalue weighted by molar-refractivity contribution is 6.32. The van der Waals surface area contributed by atoms with Crippen molar-refractivity contribution in [2.75, 3.05) is 10.2 Å². The van der Waals surface area contributed by atoms with Crippen molar-refractivity contribution in [2.45, 2.75) is 25.9 Å². The number of nitrogens with one attached hydrogen (secondary N) is 1. The van der Waals surface area contributed by atoms with Crippen LogP contribution in [0.15, 0.2) is 66.7 Å². The maximum Gasteiger partial charge on any atom is 0.288 e. The normalized spacial score (nSPS) is 14.9. The summed E-state index contributed by atoms with van der Waals surface area (Å²) in [7, 11) is 0. The lowest BCUT2D eigenvalue weighted by Crippen LogP contribution is -2.45. The van der Waals surface area contributed by atoms with E-state index in [9.17, 15) is 33.7 Å². The number of hydrogen-bond acceptors (Lipinski definition) is 6. The van der Waals surface area contributed by atoms with E-state index in [1.54, 1.807) is 0 Å². The monoisotopic (exact) mass is 538 g/mol. The van der Waals surface area contributed by atoms with Crippen LogP contribution < -0.4 is 10.2 Å². The molecule has 1 aliphatic rings. The average Bonchev–Trinajstić information content (AvgIpc) is 3.17. The van der Waals surface area contributed by atoms with E-state index in [2.05, 4.69) is 5.32 Å². The van der Waals surface area contributed by atoms with Gasteiger partial charge in [0.05, 0.1) is 17.0 Å². The molecular formula is C26H20ClFN4O6. The summed E-state index contributed by atoms with van der Waals surface area (Å²) in [5.74, 6) is -2.78. The Morgan fingerprint density at radius 2 is 1.76 bits per heavy atom. The molecule has 1 heterocycles. The fourth-order valence-corrected chi connectivity index (χ4v) is 4.28. The van der Waals surface area contributed by atoms with Gasteiger partial charge in [0.1, 0.15) is 16.9 Å². The minimum Gasteiger partial charge on any atom is -0.326 e. The van der Waals surface area contributed by atoms with Gasteiger partial charge in [-0.05, 0) is 54.1 Å². The quantitative estimate of drug-likeness (QED) is 0.271. The van der Waals surface area contributed by atoms with Crippen molar-refractivity contribution < 1.29 is 28.5 Å². The number of amides is 4. The van der Waals surface area contributed by atoms with Crippen LogP contribution in [0.3, 0.4) is 0 Å². The summed E-state index contributed by atoms with van der Waals surface area (Å²) in [5, 5.41) is 13.8. The van der Waals surface area contributed by atoms with Crippen molar-refractivity contribution in [2.24, 2.45) is 0 Å². The van der Waals surface area contributed by atoms with Gasteiger partial charge in [-0.3, -0.25) is 29.3 Å². The zero-order valence-electron chi connectivity index (χ0n) is 19.9. The standard InChI is InChI=1S/C26H20ClFN4O6/c1-15(33)29-19-7-9-20(10-8-19)31-24(34)13-23(26(31)36)30(14-16-2-5-18(28)6-3-16)25(35)17-4-11-21(27)22(12-17)32(37)38/h2-12,23H,13-14H2,1H3,(H,29,33). The molecule has 10 nitrogen and oxygen atoms in total. The van der Waals surface area contributed by atoms with E-state index in [0.717, 1.165) is 15.9 Å². The highest BCUT2D eigenvalue weighted by Gasteiger charge is 2.44. The Morgan fingerprint density at radius 1 is 1.11 bits per heavy atom. The van der Waals surface area contributed by atoms with Gasteiger partial charge in [-0.15, -0.1) is 0 Å². The van der Waals surface area contributed by atoms with Crippen molar-refractivity contribution in [3.8, 4) is 0 Å². The summed E-state index contributed by atoms with van der Waals surface area (Å²) in [4.78, 5) is 64.0. The lowest BCUT2D eigenvalue weighted by Gasteiger charge is -2.28. The van der Waals surface area contributed by atoms with E-state index < -0.39 is 40.2 Å². The summed E-state index contributed by atoms with van der Waals surface area (Å²) in [5.41, 5.74) is 0.583. The van der Waals surface area contributed by atoms with Gasteiger partial charge in [-0.1, -0.05) is 23.7 Å². The minimum absolute atomic E-state index is 0.110. The molecule has 0 saturated carbocycles. The SMILES string of the molecule is CC(=O)Nc1ccc(N2C(=O)CC(N(Cc3ccc(F)cc3)C(=O)c3ccc(Cl)c([N+](=O)[O-])c3)C2=O)cc1. The molecule has 3 aromatic carbocycles. The van der Waals surface area contributed by atoms with E-state index in [-0.39, 0.29) is 35.1 Å². The maximum atomic E-state index is 13.6. The number of carbonyl (C=O) groups excluding carboxylic acids is 4. The van der Waals surface area contributed by atoms with Crippen LogP contribution in [-0.2, 0) is 20.9 Å². The summed E-state index contributed by atoms with van der Waals surface area (Å²) in [6, 6.07) is 13.5. The van der Waals surface area contributed by atoms with E-state index in [4.69, 9.17) is 11.6 Å². The van der Waals surface area contributed by atoms with E-state index >= 15 is 0 Å². The third-order valence-corrected chi connectivity index (χ3v) is 6.18. The van der Waals surface area contributed by atoms with Crippen LogP contribution in [0.2, 0.25) is 5.02 Å². The van der Waals surface area contributed by atoms with Gasteiger partial charge in [-0.25, -0.2) is 9.29 Å². The Balaban J connectivity index is 1.69. The molecule has 0 radical (unpaired) electrons. The molecule has 12 heteroatoms. The van der Waals surface area contributed by atoms with Crippen molar-refractivity contribution in [1.29, 1.82) is 0 Å². The Morgan fingerprint density at radius 3 is 2.37 bits per heavy atom. The molecule has 1 atom stereocenters. The first-order valence-corrected chi connectivity index (χ1v) is 11.7. The molecule has 1 saturated heterocycles. The molecule has 0 aliphatic carbocycles. The fourth-order valence-electron chi connectivity index (χ4n) is 4.09. The van der Waals surface area contributed by atoms with Crippen LogP contribution in [0.5, 0.6) is 0 Å². The number of halogens is 2. The summed E-state index contributed by atoms with van der Waals surface area (Å²) < 4.78 is 13.5. The lowest BCUT2D eigenvalue weighted by atomic mass is 10.1. The number of imide groups is 1. The first-order valence-electron chi connectivity index (χ1n) is 11.3. The third-order valence-electron chi connectivity index (χ3n) is 5.86. The molecule has 0 aromatic heterocycles. The molecule has 1 fully saturated rings. The van der Waals surface area contributed by atoms with Gasteiger partial charge in [0.25, 0.3) is 17.5 Å². The molecule has 194 valence electrons. The minimum atomic E-state index is -1.23. The molecular weight excluding hydrogens is 519 g/mol. The molecule has 4 rings (SSSR count). The Bertz CT molecular complexity index is 1450. The lowest BCUT2D eigenvalue weighted by molar-refractivity contribution is -0.384. The first-order chi connectivity index (χ1) is 18.0.